The molecule has 2 N–H and O–H groups in total. The number of carbonyl (C=O) groups excluding carboxylic acids is 1. The third kappa shape index (κ3) is 6.84. The summed E-state index contributed by atoms with van der Waals surface area (Å²) in [6.45, 7) is 6.41. The average molecular weight is 354 g/mol. The molecule has 0 radical (unpaired) electrons. The van der Waals surface area contributed by atoms with Crippen LogP contribution in [0.5, 0.6) is 0 Å². The number of carboxylic acid groups (broad SMARTS) is 1. The van der Waals surface area contributed by atoms with Crippen molar-refractivity contribution in [3.63, 3.8) is 0 Å². The van der Waals surface area contributed by atoms with Gasteiger partial charge in [0.25, 0.3) is 0 Å². The number of rotatable bonds is 5. The summed E-state index contributed by atoms with van der Waals surface area (Å²) in [4.78, 5) is 23.4. The molecule has 0 spiro atoms. The highest BCUT2D eigenvalue weighted by molar-refractivity contribution is 5.70. The summed E-state index contributed by atoms with van der Waals surface area (Å²) in [5, 5.41) is 11.2. The summed E-state index contributed by atoms with van der Waals surface area (Å²) in [5.41, 5.74) is 2.43. The molecular weight excluding hydrogens is 320 g/mol. The van der Waals surface area contributed by atoms with E-state index in [0.29, 0.717) is 18.8 Å². The van der Waals surface area contributed by atoms with Crippen LogP contribution in [-0.4, -0.2) is 40.4 Å². The van der Waals surface area contributed by atoms with E-state index >= 15 is 0 Å². The number of carboxylic acids is 1. The third-order valence-corrected chi connectivity index (χ3v) is 5.30. The SMILES string of the molecule is CC(C)(C)OC(=O)NN(CC1CCCCC1)C1CCC(C(=O)O)CC1. The van der Waals surface area contributed by atoms with E-state index in [1.54, 1.807) is 0 Å². The molecule has 0 atom stereocenters. The van der Waals surface area contributed by atoms with Crippen LogP contribution in [0, 0.1) is 11.8 Å². The largest absolute Gasteiger partial charge is 0.481 e. The number of hydrogen-bond acceptors (Lipinski definition) is 4. The Bertz CT molecular complexity index is 447. The van der Waals surface area contributed by atoms with Crippen molar-refractivity contribution in [3.8, 4) is 0 Å². The van der Waals surface area contributed by atoms with E-state index in [2.05, 4.69) is 5.43 Å². The van der Waals surface area contributed by atoms with Gasteiger partial charge in [-0.15, -0.1) is 0 Å². The number of nitrogens with one attached hydrogen (secondary N) is 1. The summed E-state index contributed by atoms with van der Waals surface area (Å²) in [6, 6.07) is 0.199. The molecule has 2 saturated carbocycles. The van der Waals surface area contributed by atoms with E-state index in [1.165, 1.54) is 32.1 Å². The Morgan fingerprint density at radius 2 is 1.64 bits per heavy atom. The fourth-order valence-corrected chi connectivity index (χ4v) is 3.99. The number of nitrogens with zero attached hydrogens (tertiary/aromatic N) is 1. The lowest BCUT2D eigenvalue weighted by Gasteiger charge is -2.38. The van der Waals surface area contributed by atoms with Gasteiger partial charge in [-0.05, 0) is 65.2 Å². The number of hydrazine groups is 1. The van der Waals surface area contributed by atoms with Gasteiger partial charge in [0, 0.05) is 12.6 Å². The summed E-state index contributed by atoms with van der Waals surface area (Å²) < 4.78 is 5.42. The molecular formula is C19H34N2O4. The number of amides is 1. The quantitative estimate of drug-likeness (QED) is 0.731. The molecule has 0 aromatic carbocycles. The Morgan fingerprint density at radius 3 is 2.16 bits per heavy atom. The molecule has 144 valence electrons. The number of hydrogen-bond donors (Lipinski definition) is 2. The molecule has 2 aliphatic rings. The number of carbonyl (C=O) groups is 2. The third-order valence-electron chi connectivity index (χ3n) is 5.30. The molecule has 2 aliphatic carbocycles. The maximum Gasteiger partial charge on any atom is 0.422 e. The average Bonchev–Trinajstić information content (AvgIpc) is 2.53. The molecule has 0 saturated heterocycles. The van der Waals surface area contributed by atoms with Crippen molar-refractivity contribution in [2.45, 2.75) is 90.2 Å². The van der Waals surface area contributed by atoms with Crippen molar-refractivity contribution in [3.05, 3.63) is 0 Å². The summed E-state index contributed by atoms with van der Waals surface area (Å²) in [7, 11) is 0. The normalized spacial score (nSPS) is 25.6. The van der Waals surface area contributed by atoms with E-state index in [1.807, 2.05) is 25.8 Å². The van der Waals surface area contributed by atoms with Gasteiger partial charge >= 0.3 is 12.1 Å². The predicted octanol–water partition coefficient (Wildman–Crippen LogP) is 3.95. The van der Waals surface area contributed by atoms with E-state index in [4.69, 9.17) is 4.74 Å². The highest BCUT2D eigenvalue weighted by Gasteiger charge is 2.32. The van der Waals surface area contributed by atoms with Gasteiger partial charge < -0.3 is 9.84 Å². The Morgan fingerprint density at radius 1 is 1.04 bits per heavy atom. The minimum absolute atomic E-state index is 0.199. The van der Waals surface area contributed by atoms with E-state index in [0.717, 1.165) is 19.4 Å². The number of ether oxygens (including phenoxy) is 1. The molecule has 25 heavy (non-hydrogen) atoms. The molecule has 2 rings (SSSR count). The van der Waals surface area contributed by atoms with Crippen LogP contribution in [0.15, 0.2) is 0 Å². The van der Waals surface area contributed by atoms with E-state index in [9.17, 15) is 14.7 Å². The van der Waals surface area contributed by atoms with Crippen LogP contribution in [0.1, 0.15) is 78.6 Å². The lowest BCUT2D eigenvalue weighted by molar-refractivity contribution is -0.143. The van der Waals surface area contributed by atoms with Crippen LogP contribution < -0.4 is 5.43 Å². The van der Waals surface area contributed by atoms with E-state index in [-0.39, 0.29) is 12.0 Å². The lowest BCUT2D eigenvalue weighted by atomic mass is 9.84. The second kappa shape index (κ2) is 8.88. The molecule has 6 heteroatoms. The Labute approximate surface area is 151 Å². The smallest absolute Gasteiger partial charge is 0.422 e. The Hall–Kier alpha value is -1.30. The molecule has 0 bridgehead atoms. The maximum absolute atomic E-state index is 12.3. The minimum atomic E-state index is -0.697. The van der Waals surface area contributed by atoms with Crippen LogP contribution in [0.4, 0.5) is 4.79 Å². The van der Waals surface area contributed by atoms with Crippen molar-refractivity contribution >= 4 is 12.1 Å². The standard InChI is InChI=1S/C19H34N2O4/c1-19(2,3)25-18(24)20-21(13-14-7-5-4-6-8-14)16-11-9-15(10-12-16)17(22)23/h14-16H,4-13H2,1-3H3,(H,20,24)(H,22,23). The molecule has 2 fully saturated rings. The second-order valence-electron chi connectivity index (χ2n) is 8.61. The van der Waals surface area contributed by atoms with Gasteiger partial charge in [-0.1, -0.05) is 19.3 Å². The first-order chi connectivity index (χ1) is 11.7. The zero-order chi connectivity index (χ0) is 18.4. The first kappa shape index (κ1) is 20.0. The van der Waals surface area contributed by atoms with Gasteiger partial charge in [0.15, 0.2) is 0 Å². The zero-order valence-electron chi connectivity index (χ0n) is 15.9. The fourth-order valence-electron chi connectivity index (χ4n) is 3.99. The second-order valence-corrected chi connectivity index (χ2v) is 8.61. The molecule has 0 unspecified atom stereocenters. The van der Waals surface area contributed by atoms with Gasteiger partial charge in [-0.3, -0.25) is 10.2 Å². The summed E-state index contributed by atoms with van der Waals surface area (Å²) in [5.74, 6) is -0.340. The predicted molar refractivity (Wildman–Crippen MR) is 96.0 cm³/mol. The van der Waals surface area contributed by atoms with Crippen molar-refractivity contribution < 1.29 is 19.4 Å². The van der Waals surface area contributed by atoms with Gasteiger partial charge in [0.1, 0.15) is 5.60 Å². The van der Waals surface area contributed by atoms with Crippen LogP contribution in [-0.2, 0) is 9.53 Å². The minimum Gasteiger partial charge on any atom is -0.481 e. The van der Waals surface area contributed by atoms with Crippen molar-refractivity contribution in [2.24, 2.45) is 11.8 Å². The first-order valence-electron chi connectivity index (χ1n) is 9.73. The highest BCUT2D eigenvalue weighted by atomic mass is 16.6. The molecule has 6 nitrogen and oxygen atoms in total. The first-order valence-corrected chi connectivity index (χ1v) is 9.73. The maximum atomic E-state index is 12.3. The fraction of sp³-hybridized carbons (Fsp3) is 0.895. The summed E-state index contributed by atoms with van der Waals surface area (Å²) >= 11 is 0. The van der Waals surface area contributed by atoms with Gasteiger partial charge in [-0.2, -0.15) is 0 Å². The van der Waals surface area contributed by atoms with Gasteiger partial charge in [-0.25, -0.2) is 9.80 Å². The summed E-state index contributed by atoms with van der Waals surface area (Å²) in [6.07, 6.45) is 8.79. The molecule has 1 amide bonds. The highest BCUT2D eigenvalue weighted by Crippen LogP contribution is 2.30. The lowest BCUT2D eigenvalue weighted by Crippen LogP contribution is -2.53. The van der Waals surface area contributed by atoms with Crippen LogP contribution in [0.3, 0.4) is 0 Å². The molecule has 0 aromatic heterocycles. The molecule has 0 aliphatic heterocycles. The van der Waals surface area contributed by atoms with Crippen LogP contribution >= 0.6 is 0 Å². The van der Waals surface area contributed by atoms with Crippen LogP contribution in [0.25, 0.3) is 0 Å². The zero-order valence-corrected chi connectivity index (χ0v) is 15.9. The van der Waals surface area contributed by atoms with Crippen molar-refractivity contribution in [1.29, 1.82) is 0 Å². The topological polar surface area (TPSA) is 78.9 Å². The molecule has 0 heterocycles. The van der Waals surface area contributed by atoms with Crippen LogP contribution in [0.2, 0.25) is 0 Å². The van der Waals surface area contributed by atoms with Gasteiger partial charge in [0.2, 0.25) is 0 Å². The Balaban J connectivity index is 1.96. The Kier molecular flexibility index (Phi) is 7.11. The molecule has 0 aromatic rings. The van der Waals surface area contributed by atoms with Crippen molar-refractivity contribution in [1.82, 2.24) is 10.4 Å². The van der Waals surface area contributed by atoms with E-state index < -0.39 is 17.7 Å². The van der Waals surface area contributed by atoms with Gasteiger partial charge in [0.05, 0.1) is 5.92 Å². The monoisotopic (exact) mass is 354 g/mol. The van der Waals surface area contributed by atoms with Crippen molar-refractivity contribution in [2.75, 3.05) is 6.54 Å². The number of aliphatic carboxylic acids is 1.